The Balaban J connectivity index is 2.14. The van der Waals surface area contributed by atoms with Crippen molar-refractivity contribution in [1.29, 1.82) is 0 Å². The summed E-state index contributed by atoms with van der Waals surface area (Å²) in [6.45, 7) is 1.34. The Morgan fingerprint density at radius 2 is 1.89 bits per heavy atom. The van der Waals surface area contributed by atoms with E-state index in [-0.39, 0.29) is 6.10 Å². The van der Waals surface area contributed by atoms with Gasteiger partial charge >= 0.3 is 0 Å². The van der Waals surface area contributed by atoms with Crippen LogP contribution in [0.25, 0.3) is 10.8 Å². The summed E-state index contributed by atoms with van der Waals surface area (Å²) in [5.74, 6) is 0.881. The summed E-state index contributed by atoms with van der Waals surface area (Å²) in [4.78, 5) is 0. The van der Waals surface area contributed by atoms with E-state index in [1.54, 1.807) is 7.11 Å². The molecule has 0 aliphatic rings. The zero-order chi connectivity index (χ0) is 12.8. The van der Waals surface area contributed by atoms with Gasteiger partial charge in [0.1, 0.15) is 11.9 Å². The molecule has 2 rings (SSSR count). The largest absolute Gasteiger partial charge is 0.487 e. The van der Waals surface area contributed by atoms with Crippen LogP contribution in [0.5, 0.6) is 5.75 Å². The lowest BCUT2D eigenvalue weighted by Crippen LogP contribution is -2.33. The van der Waals surface area contributed by atoms with E-state index >= 15 is 0 Å². The number of rotatable bonds is 6. The molecule has 0 aliphatic heterocycles. The van der Waals surface area contributed by atoms with Crippen LogP contribution in [0.1, 0.15) is 0 Å². The average Bonchev–Trinajstić information content (AvgIpc) is 2.39. The zero-order valence-electron chi connectivity index (χ0n) is 10.8. The number of methoxy groups -OCH3 is 1. The first-order chi connectivity index (χ1) is 8.83. The van der Waals surface area contributed by atoms with E-state index in [1.165, 1.54) is 10.8 Å². The fourth-order valence-corrected chi connectivity index (χ4v) is 1.98. The molecule has 0 spiro atoms. The summed E-state index contributed by atoms with van der Waals surface area (Å²) < 4.78 is 11.1. The van der Waals surface area contributed by atoms with Gasteiger partial charge in [0.15, 0.2) is 0 Å². The molecule has 96 valence electrons. The van der Waals surface area contributed by atoms with Crippen molar-refractivity contribution in [1.82, 2.24) is 5.32 Å². The van der Waals surface area contributed by atoms with E-state index in [1.807, 2.05) is 25.2 Å². The number of hydrogen-bond acceptors (Lipinski definition) is 3. The minimum Gasteiger partial charge on any atom is -0.487 e. The molecule has 0 aliphatic carbocycles. The lowest BCUT2D eigenvalue weighted by molar-refractivity contribution is 0.0819. The van der Waals surface area contributed by atoms with Gasteiger partial charge in [-0.3, -0.25) is 0 Å². The van der Waals surface area contributed by atoms with Gasteiger partial charge in [-0.2, -0.15) is 0 Å². The van der Waals surface area contributed by atoms with Gasteiger partial charge in [0.2, 0.25) is 0 Å². The standard InChI is InChI=1S/C15H19NO2/c1-16-10-15(11-17-2)18-14-8-7-12-5-3-4-6-13(12)9-14/h3-9,15-16H,10-11H2,1-2H3. The predicted octanol–water partition coefficient (Wildman–Crippen LogP) is 2.45. The zero-order valence-corrected chi connectivity index (χ0v) is 10.8. The van der Waals surface area contributed by atoms with Crippen molar-refractivity contribution < 1.29 is 9.47 Å². The number of benzene rings is 2. The molecule has 1 unspecified atom stereocenters. The van der Waals surface area contributed by atoms with Crippen LogP contribution in [0.15, 0.2) is 42.5 Å². The van der Waals surface area contributed by atoms with Gasteiger partial charge in [-0.25, -0.2) is 0 Å². The van der Waals surface area contributed by atoms with Crippen molar-refractivity contribution in [3.63, 3.8) is 0 Å². The first kappa shape index (κ1) is 12.9. The Hall–Kier alpha value is -1.58. The van der Waals surface area contributed by atoms with Gasteiger partial charge < -0.3 is 14.8 Å². The Labute approximate surface area is 108 Å². The summed E-state index contributed by atoms with van der Waals surface area (Å²) in [6, 6.07) is 14.4. The van der Waals surface area contributed by atoms with Crippen molar-refractivity contribution >= 4 is 10.8 Å². The number of ether oxygens (including phenoxy) is 2. The highest BCUT2D eigenvalue weighted by Gasteiger charge is 2.09. The normalized spacial score (nSPS) is 12.6. The van der Waals surface area contributed by atoms with Crippen LogP contribution in [0, 0.1) is 0 Å². The fourth-order valence-electron chi connectivity index (χ4n) is 1.98. The van der Waals surface area contributed by atoms with Crippen LogP contribution in [-0.4, -0.2) is 33.4 Å². The average molecular weight is 245 g/mol. The van der Waals surface area contributed by atoms with Crippen LogP contribution >= 0.6 is 0 Å². The molecule has 0 aromatic heterocycles. The van der Waals surface area contributed by atoms with E-state index < -0.39 is 0 Å². The number of likely N-dealkylation sites (N-methyl/N-ethyl adjacent to an activating group) is 1. The maximum absolute atomic E-state index is 5.92. The van der Waals surface area contributed by atoms with Crippen molar-refractivity contribution in [3.05, 3.63) is 42.5 Å². The third kappa shape index (κ3) is 3.22. The predicted molar refractivity (Wildman–Crippen MR) is 74.2 cm³/mol. The van der Waals surface area contributed by atoms with Crippen molar-refractivity contribution in [2.75, 3.05) is 27.3 Å². The molecule has 18 heavy (non-hydrogen) atoms. The van der Waals surface area contributed by atoms with Crippen molar-refractivity contribution in [3.8, 4) is 5.75 Å². The first-order valence-corrected chi connectivity index (χ1v) is 6.12. The van der Waals surface area contributed by atoms with E-state index in [4.69, 9.17) is 9.47 Å². The molecule has 2 aromatic carbocycles. The highest BCUT2D eigenvalue weighted by molar-refractivity contribution is 5.83. The lowest BCUT2D eigenvalue weighted by Gasteiger charge is -2.18. The van der Waals surface area contributed by atoms with Gasteiger partial charge in [-0.1, -0.05) is 30.3 Å². The molecule has 3 heteroatoms. The second-order valence-corrected chi connectivity index (χ2v) is 4.26. The summed E-state index contributed by atoms with van der Waals surface area (Å²) in [5.41, 5.74) is 0. The van der Waals surface area contributed by atoms with Gasteiger partial charge in [-0.05, 0) is 30.0 Å². The molecule has 0 radical (unpaired) electrons. The van der Waals surface area contributed by atoms with Crippen LogP contribution in [0.4, 0.5) is 0 Å². The molecular formula is C15H19NO2. The molecule has 0 fully saturated rings. The SMILES string of the molecule is CNCC(COC)Oc1ccc2ccccc2c1. The lowest BCUT2D eigenvalue weighted by atomic mass is 10.1. The quantitative estimate of drug-likeness (QED) is 0.848. The smallest absolute Gasteiger partial charge is 0.134 e. The maximum atomic E-state index is 5.92. The Kier molecular flexibility index (Phi) is 4.56. The maximum Gasteiger partial charge on any atom is 0.134 e. The van der Waals surface area contributed by atoms with Gasteiger partial charge in [0.05, 0.1) is 6.61 Å². The Morgan fingerprint density at radius 1 is 1.11 bits per heavy atom. The molecule has 1 atom stereocenters. The monoisotopic (exact) mass is 245 g/mol. The molecular weight excluding hydrogens is 226 g/mol. The first-order valence-electron chi connectivity index (χ1n) is 6.12. The fraction of sp³-hybridized carbons (Fsp3) is 0.333. The van der Waals surface area contributed by atoms with E-state index in [2.05, 4.69) is 29.6 Å². The Morgan fingerprint density at radius 3 is 2.61 bits per heavy atom. The van der Waals surface area contributed by atoms with Crippen LogP contribution < -0.4 is 10.1 Å². The second kappa shape index (κ2) is 6.38. The molecule has 2 aromatic rings. The van der Waals surface area contributed by atoms with E-state index in [0.29, 0.717) is 6.61 Å². The van der Waals surface area contributed by atoms with E-state index in [9.17, 15) is 0 Å². The summed E-state index contributed by atoms with van der Waals surface area (Å²) in [7, 11) is 3.60. The second-order valence-electron chi connectivity index (χ2n) is 4.26. The van der Waals surface area contributed by atoms with Crippen LogP contribution in [0.3, 0.4) is 0 Å². The number of nitrogens with one attached hydrogen (secondary N) is 1. The third-order valence-corrected chi connectivity index (χ3v) is 2.81. The number of hydrogen-bond donors (Lipinski definition) is 1. The van der Waals surface area contributed by atoms with Crippen molar-refractivity contribution in [2.45, 2.75) is 6.10 Å². The summed E-state index contributed by atoms with van der Waals surface area (Å²) in [6.07, 6.45) is 0.0289. The number of fused-ring (bicyclic) bond motifs is 1. The van der Waals surface area contributed by atoms with Gasteiger partial charge in [-0.15, -0.1) is 0 Å². The molecule has 0 heterocycles. The molecule has 1 N–H and O–H groups in total. The molecule has 0 amide bonds. The third-order valence-electron chi connectivity index (χ3n) is 2.81. The molecule has 3 nitrogen and oxygen atoms in total. The molecule has 0 saturated carbocycles. The van der Waals surface area contributed by atoms with Gasteiger partial charge in [0, 0.05) is 13.7 Å². The topological polar surface area (TPSA) is 30.5 Å². The highest BCUT2D eigenvalue weighted by atomic mass is 16.5. The minimum absolute atomic E-state index is 0.0289. The van der Waals surface area contributed by atoms with Crippen LogP contribution in [0.2, 0.25) is 0 Å². The minimum atomic E-state index is 0.0289. The molecule has 0 saturated heterocycles. The molecule has 0 bridgehead atoms. The van der Waals surface area contributed by atoms with Gasteiger partial charge in [0.25, 0.3) is 0 Å². The summed E-state index contributed by atoms with van der Waals surface area (Å²) >= 11 is 0. The summed E-state index contributed by atoms with van der Waals surface area (Å²) in [5, 5.41) is 5.52. The Bertz CT molecular complexity index is 493. The van der Waals surface area contributed by atoms with Crippen LogP contribution in [-0.2, 0) is 4.74 Å². The highest BCUT2D eigenvalue weighted by Crippen LogP contribution is 2.21. The van der Waals surface area contributed by atoms with E-state index in [0.717, 1.165) is 12.3 Å². The van der Waals surface area contributed by atoms with Crippen molar-refractivity contribution in [2.24, 2.45) is 0 Å².